The van der Waals surface area contributed by atoms with E-state index in [1.54, 1.807) is 17.5 Å². The molecule has 1 amide bonds. The van der Waals surface area contributed by atoms with Gasteiger partial charge in [-0.2, -0.15) is 0 Å². The van der Waals surface area contributed by atoms with Crippen molar-refractivity contribution in [2.45, 2.75) is 31.3 Å². The van der Waals surface area contributed by atoms with Crippen LogP contribution in [0.1, 0.15) is 29.8 Å². The minimum absolute atomic E-state index is 0. The van der Waals surface area contributed by atoms with Crippen molar-refractivity contribution < 1.29 is 9.72 Å². The standard InChI is InChI=1S/C17H18N4O3S.ClH/c22-17(20-7-6-12-4-5-13(9-20)18-12)15-10-25-16(19-15)11-2-1-3-14(8-11)21(23)24;/h1-3,8,10,12-13,18H,4-7,9H2;1H. The molecule has 0 spiro atoms. The van der Waals surface area contributed by atoms with E-state index in [2.05, 4.69) is 10.3 Å². The van der Waals surface area contributed by atoms with Crippen LogP contribution in [0.2, 0.25) is 0 Å². The van der Waals surface area contributed by atoms with Crippen molar-refractivity contribution in [1.82, 2.24) is 15.2 Å². The number of non-ortho nitro benzene ring substituents is 1. The van der Waals surface area contributed by atoms with Gasteiger partial charge in [0.25, 0.3) is 11.6 Å². The van der Waals surface area contributed by atoms with E-state index in [0.29, 0.717) is 28.3 Å². The fourth-order valence-electron chi connectivity index (χ4n) is 3.55. The number of rotatable bonds is 3. The fraction of sp³-hybridized carbons (Fsp3) is 0.412. The first-order chi connectivity index (χ1) is 12.1. The first-order valence-corrected chi connectivity index (χ1v) is 9.24. The van der Waals surface area contributed by atoms with Crippen molar-refractivity contribution in [2.75, 3.05) is 13.1 Å². The molecule has 1 aromatic heterocycles. The van der Waals surface area contributed by atoms with E-state index in [1.165, 1.54) is 29.9 Å². The summed E-state index contributed by atoms with van der Waals surface area (Å²) in [5.74, 6) is -0.0534. The van der Waals surface area contributed by atoms with Gasteiger partial charge < -0.3 is 10.2 Å². The third kappa shape index (κ3) is 3.72. The zero-order chi connectivity index (χ0) is 17.4. The normalized spacial score (nSPS) is 21.8. The molecule has 2 atom stereocenters. The molecule has 0 saturated carbocycles. The Morgan fingerprint density at radius 2 is 2.12 bits per heavy atom. The van der Waals surface area contributed by atoms with Crippen molar-refractivity contribution in [2.24, 2.45) is 0 Å². The van der Waals surface area contributed by atoms with Gasteiger partial charge in [-0.15, -0.1) is 23.7 Å². The van der Waals surface area contributed by atoms with Gasteiger partial charge in [0, 0.05) is 48.2 Å². The molecule has 2 aliphatic heterocycles. The van der Waals surface area contributed by atoms with E-state index in [0.717, 1.165) is 25.9 Å². The molecule has 1 N–H and O–H groups in total. The molecule has 2 fully saturated rings. The van der Waals surface area contributed by atoms with Crippen molar-refractivity contribution in [3.05, 3.63) is 45.5 Å². The van der Waals surface area contributed by atoms with Gasteiger partial charge in [-0.1, -0.05) is 12.1 Å². The Hall–Kier alpha value is -2.03. The minimum atomic E-state index is -0.428. The highest BCUT2D eigenvalue weighted by atomic mass is 35.5. The van der Waals surface area contributed by atoms with Gasteiger partial charge in [0.05, 0.1) is 4.92 Å². The zero-order valence-corrected chi connectivity index (χ0v) is 15.6. The Balaban J connectivity index is 0.00000196. The lowest BCUT2D eigenvalue weighted by atomic mass is 10.1. The van der Waals surface area contributed by atoms with E-state index in [4.69, 9.17) is 0 Å². The lowest BCUT2D eigenvalue weighted by Gasteiger charge is -2.23. The van der Waals surface area contributed by atoms with Crippen molar-refractivity contribution in [3.63, 3.8) is 0 Å². The number of thiazole rings is 1. The number of hydrogen-bond acceptors (Lipinski definition) is 6. The molecule has 0 aliphatic carbocycles. The number of nitro groups is 1. The number of carbonyl (C=O) groups excluding carboxylic acids is 1. The van der Waals surface area contributed by atoms with Gasteiger partial charge in [0.1, 0.15) is 10.7 Å². The van der Waals surface area contributed by atoms with Crippen LogP contribution in [0.5, 0.6) is 0 Å². The van der Waals surface area contributed by atoms with Crippen LogP contribution in [0.4, 0.5) is 5.69 Å². The van der Waals surface area contributed by atoms with Gasteiger partial charge in [-0.05, 0) is 19.3 Å². The zero-order valence-electron chi connectivity index (χ0n) is 14.0. The van der Waals surface area contributed by atoms with E-state index in [9.17, 15) is 14.9 Å². The Kier molecular flexibility index (Phi) is 5.55. The predicted octanol–water partition coefficient (Wildman–Crippen LogP) is 3.11. The molecule has 2 saturated heterocycles. The van der Waals surface area contributed by atoms with Gasteiger partial charge in [0.15, 0.2) is 0 Å². The van der Waals surface area contributed by atoms with E-state index < -0.39 is 4.92 Å². The first-order valence-electron chi connectivity index (χ1n) is 8.36. The number of nitrogens with zero attached hydrogens (tertiary/aromatic N) is 3. The van der Waals surface area contributed by atoms with Crippen LogP contribution in [0, 0.1) is 10.1 Å². The molecule has 2 aliphatic rings. The molecular formula is C17H19ClN4O3S. The highest BCUT2D eigenvalue weighted by molar-refractivity contribution is 7.13. The van der Waals surface area contributed by atoms with E-state index in [-0.39, 0.29) is 24.0 Å². The molecule has 0 radical (unpaired) electrons. The van der Waals surface area contributed by atoms with Gasteiger partial charge in [0.2, 0.25) is 0 Å². The topological polar surface area (TPSA) is 88.4 Å². The minimum Gasteiger partial charge on any atom is -0.336 e. The van der Waals surface area contributed by atoms with Crippen molar-refractivity contribution in [3.8, 4) is 10.6 Å². The number of amides is 1. The maximum Gasteiger partial charge on any atom is 0.273 e. The van der Waals surface area contributed by atoms with Gasteiger partial charge in [-0.25, -0.2) is 4.98 Å². The van der Waals surface area contributed by atoms with E-state index >= 15 is 0 Å². The number of nitrogens with one attached hydrogen (secondary N) is 1. The maximum atomic E-state index is 12.8. The molecular weight excluding hydrogens is 376 g/mol. The average Bonchev–Trinajstić information content (AvgIpc) is 3.21. The summed E-state index contributed by atoms with van der Waals surface area (Å²) in [4.78, 5) is 29.6. The molecule has 2 bridgehead atoms. The molecule has 138 valence electrons. The number of benzene rings is 1. The second-order valence-electron chi connectivity index (χ2n) is 6.52. The van der Waals surface area contributed by atoms with E-state index in [1.807, 2.05) is 4.90 Å². The van der Waals surface area contributed by atoms with Crippen LogP contribution < -0.4 is 5.32 Å². The average molecular weight is 395 g/mol. The molecule has 9 heteroatoms. The first kappa shape index (κ1) is 18.8. The highest BCUT2D eigenvalue weighted by Crippen LogP contribution is 2.28. The third-order valence-corrected chi connectivity index (χ3v) is 5.73. The summed E-state index contributed by atoms with van der Waals surface area (Å²) in [7, 11) is 0. The second kappa shape index (κ2) is 7.69. The lowest BCUT2D eigenvalue weighted by molar-refractivity contribution is -0.384. The summed E-state index contributed by atoms with van der Waals surface area (Å²) >= 11 is 1.34. The predicted molar refractivity (Wildman–Crippen MR) is 102 cm³/mol. The van der Waals surface area contributed by atoms with Crippen molar-refractivity contribution in [1.29, 1.82) is 0 Å². The number of nitro benzene ring substituents is 1. The lowest BCUT2D eigenvalue weighted by Crippen LogP contribution is -2.39. The van der Waals surface area contributed by atoms with Crippen LogP contribution in [0.15, 0.2) is 29.6 Å². The van der Waals surface area contributed by atoms with Crippen LogP contribution in [-0.4, -0.2) is 45.9 Å². The Morgan fingerprint density at radius 1 is 1.31 bits per heavy atom. The summed E-state index contributed by atoms with van der Waals surface area (Å²) in [5, 5.41) is 16.9. The molecule has 3 heterocycles. The molecule has 7 nitrogen and oxygen atoms in total. The molecule has 26 heavy (non-hydrogen) atoms. The second-order valence-corrected chi connectivity index (χ2v) is 7.38. The summed E-state index contributed by atoms with van der Waals surface area (Å²) in [6.07, 6.45) is 3.29. The summed E-state index contributed by atoms with van der Waals surface area (Å²) in [6.45, 7) is 1.47. The largest absolute Gasteiger partial charge is 0.336 e. The smallest absolute Gasteiger partial charge is 0.273 e. The van der Waals surface area contributed by atoms with Crippen LogP contribution in [-0.2, 0) is 0 Å². The molecule has 1 aromatic carbocycles. The highest BCUT2D eigenvalue weighted by Gasteiger charge is 2.32. The molecule has 4 rings (SSSR count). The van der Waals surface area contributed by atoms with Gasteiger partial charge in [-0.3, -0.25) is 14.9 Å². The van der Waals surface area contributed by atoms with Gasteiger partial charge >= 0.3 is 0 Å². The number of fused-ring (bicyclic) bond motifs is 2. The quantitative estimate of drug-likeness (QED) is 0.638. The van der Waals surface area contributed by atoms with Crippen LogP contribution in [0.3, 0.4) is 0 Å². The summed E-state index contributed by atoms with van der Waals surface area (Å²) < 4.78 is 0. The Labute approximate surface area is 161 Å². The number of aromatic nitrogens is 1. The Morgan fingerprint density at radius 3 is 2.92 bits per heavy atom. The van der Waals surface area contributed by atoms with Crippen molar-refractivity contribution >= 4 is 35.3 Å². The number of halogens is 1. The molecule has 2 aromatic rings. The third-order valence-electron chi connectivity index (χ3n) is 4.84. The molecule has 2 unspecified atom stereocenters. The number of carbonyl (C=O) groups is 1. The number of hydrogen-bond donors (Lipinski definition) is 1. The summed E-state index contributed by atoms with van der Waals surface area (Å²) in [6, 6.07) is 7.25. The fourth-order valence-corrected chi connectivity index (χ4v) is 4.34. The monoisotopic (exact) mass is 394 g/mol. The summed E-state index contributed by atoms with van der Waals surface area (Å²) in [5.41, 5.74) is 1.11. The SMILES string of the molecule is Cl.O=C(c1csc(-c2cccc([N+](=O)[O-])c2)n1)N1CCC2CCC(C1)N2. The van der Waals surface area contributed by atoms with Crippen LogP contribution >= 0.6 is 23.7 Å². The van der Waals surface area contributed by atoms with Crippen LogP contribution in [0.25, 0.3) is 10.6 Å². The Bertz CT molecular complexity index is 828. The number of likely N-dealkylation sites (tertiary alicyclic amines) is 1. The maximum absolute atomic E-state index is 12.8.